The van der Waals surface area contributed by atoms with E-state index in [-0.39, 0.29) is 0 Å². The van der Waals surface area contributed by atoms with Gasteiger partial charge in [-0.1, -0.05) is 11.3 Å². The smallest absolute Gasteiger partial charge is 0.264 e. The number of thiazole rings is 1. The van der Waals surface area contributed by atoms with Crippen LogP contribution in [0.25, 0.3) is 32.0 Å². The number of aromatic nitrogens is 4. The van der Waals surface area contributed by atoms with Crippen molar-refractivity contribution in [3.8, 4) is 10.6 Å². The summed E-state index contributed by atoms with van der Waals surface area (Å²) < 4.78 is 5.90. The number of hydrogen-bond acceptors (Lipinski definition) is 3. The molecule has 1 aliphatic rings. The lowest BCUT2D eigenvalue weighted by atomic mass is 10.2. The van der Waals surface area contributed by atoms with E-state index < -0.39 is 0 Å². The highest BCUT2D eigenvalue weighted by atomic mass is 32.1. The van der Waals surface area contributed by atoms with Crippen molar-refractivity contribution in [3.05, 3.63) is 42.4 Å². The van der Waals surface area contributed by atoms with Gasteiger partial charge in [0.25, 0.3) is 0 Å². The van der Waals surface area contributed by atoms with E-state index in [2.05, 4.69) is 38.3 Å². The lowest BCUT2D eigenvalue weighted by Crippen LogP contribution is -2.32. The van der Waals surface area contributed by atoms with Gasteiger partial charge in [0.2, 0.25) is 0 Å². The highest BCUT2D eigenvalue weighted by Gasteiger charge is 2.32. The van der Waals surface area contributed by atoms with Crippen molar-refractivity contribution in [3.63, 3.8) is 0 Å². The molecule has 0 unspecified atom stereocenters. The van der Waals surface area contributed by atoms with Gasteiger partial charge in [-0.15, -0.1) is 0 Å². The Labute approximate surface area is 119 Å². The third kappa shape index (κ3) is 1.10. The first-order valence-electron chi connectivity index (χ1n) is 6.53. The maximum absolute atomic E-state index is 4.56. The van der Waals surface area contributed by atoms with Crippen LogP contribution < -0.4 is 4.57 Å². The Morgan fingerprint density at radius 3 is 3.20 bits per heavy atom. The highest BCUT2D eigenvalue weighted by Crippen LogP contribution is 2.38. The van der Waals surface area contributed by atoms with Crippen LogP contribution in [0.2, 0.25) is 0 Å². The van der Waals surface area contributed by atoms with Gasteiger partial charge < -0.3 is 0 Å². The average molecular weight is 279 g/mol. The summed E-state index contributed by atoms with van der Waals surface area (Å²) in [6, 6.07) is 6.24. The highest BCUT2D eigenvalue weighted by molar-refractivity contribution is 7.22. The van der Waals surface area contributed by atoms with Gasteiger partial charge >= 0.3 is 5.65 Å². The Balaban J connectivity index is 1.97. The van der Waals surface area contributed by atoms with Gasteiger partial charge in [0.05, 0.1) is 12.6 Å². The minimum atomic E-state index is 0.928. The molecule has 0 N–H and O–H groups in total. The van der Waals surface area contributed by atoms with E-state index in [0.717, 1.165) is 12.1 Å². The molecular formula is C15H11N4S+. The van der Waals surface area contributed by atoms with Gasteiger partial charge in [-0.2, -0.15) is 0 Å². The predicted octanol–water partition coefficient (Wildman–Crippen LogP) is 2.50. The third-order valence-corrected chi connectivity index (χ3v) is 5.27. The largest absolute Gasteiger partial charge is 0.303 e. The van der Waals surface area contributed by atoms with Gasteiger partial charge in [-0.3, -0.25) is 9.97 Å². The quantitative estimate of drug-likeness (QED) is 0.408. The van der Waals surface area contributed by atoms with Crippen molar-refractivity contribution in [1.82, 2.24) is 14.5 Å². The molecule has 0 amide bonds. The van der Waals surface area contributed by atoms with Gasteiger partial charge in [0, 0.05) is 24.2 Å². The average Bonchev–Trinajstić information content (AvgIpc) is 3.09. The lowest BCUT2D eigenvalue weighted by molar-refractivity contribution is -0.644. The Hall–Kier alpha value is -2.27. The monoisotopic (exact) mass is 279 g/mol. The van der Waals surface area contributed by atoms with Gasteiger partial charge in [0.15, 0.2) is 15.2 Å². The molecule has 0 fully saturated rings. The Morgan fingerprint density at radius 1 is 1.30 bits per heavy atom. The van der Waals surface area contributed by atoms with E-state index in [1.807, 2.05) is 36.0 Å². The van der Waals surface area contributed by atoms with Gasteiger partial charge in [-0.05, 0) is 18.2 Å². The Bertz CT molecular complexity index is 996. The van der Waals surface area contributed by atoms with Crippen molar-refractivity contribution < 1.29 is 4.57 Å². The lowest BCUT2D eigenvalue weighted by Gasteiger charge is -1.93. The van der Waals surface area contributed by atoms with E-state index >= 15 is 0 Å². The van der Waals surface area contributed by atoms with E-state index in [1.165, 1.54) is 32.0 Å². The molecule has 4 aromatic rings. The van der Waals surface area contributed by atoms with Crippen molar-refractivity contribution in [2.24, 2.45) is 7.05 Å². The first-order valence-corrected chi connectivity index (χ1v) is 7.35. The molecule has 4 aromatic heterocycles. The predicted molar refractivity (Wildman–Crippen MR) is 78.6 cm³/mol. The zero-order valence-corrected chi connectivity index (χ0v) is 11.7. The molecule has 0 spiro atoms. The van der Waals surface area contributed by atoms with Crippen molar-refractivity contribution in [2.75, 3.05) is 0 Å². The zero-order valence-electron chi connectivity index (χ0n) is 10.9. The fourth-order valence-electron chi connectivity index (χ4n) is 3.13. The van der Waals surface area contributed by atoms with Crippen molar-refractivity contribution in [2.45, 2.75) is 6.54 Å². The number of hydrogen-bond donors (Lipinski definition) is 0. The first-order chi connectivity index (χ1) is 9.84. The third-order valence-electron chi connectivity index (χ3n) is 4.05. The minimum absolute atomic E-state index is 0.928. The molecule has 5 rings (SSSR count). The molecule has 5 heterocycles. The van der Waals surface area contributed by atoms with Gasteiger partial charge in [0.1, 0.15) is 12.1 Å². The van der Waals surface area contributed by atoms with Crippen LogP contribution in [0.4, 0.5) is 0 Å². The molecule has 0 saturated carbocycles. The second kappa shape index (κ2) is 3.43. The number of rotatable bonds is 0. The second-order valence-electron chi connectivity index (χ2n) is 5.11. The number of nitrogens with zero attached hydrogens (tertiary/aromatic N) is 4. The summed E-state index contributed by atoms with van der Waals surface area (Å²) in [4.78, 5) is 8.83. The Kier molecular flexibility index (Phi) is 1.80. The molecule has 20 heavy (non-hydrogen) atoms. The fraction of sp³-hybridized carbons (Fsp3) is 0.133. The molecule has 96 valence electrons. The first kappa shape index (κ1) is 10.5. The molecule has 0 bridgehead atoms. The molecule has 4 nitrogen and oxygen atoms in total. The van der Waals surface area contributed by atoms with Crippen LogP contribution >= 0.6 is 11.3 Å². The van der Waals surface area contributed by atoms with Crippen LogP contribution in [-0.2, 0) is 13.6 Å². The summed E-state index contributed by atoms with van der Waals surface area (Å²) in [7, 11) is 2.12. The van der Waals surface area contributed by atoms with E-state index in [0.29, 0.717) is 0 Å². The van der Waals surface area contributed by atoms with E-state index in [1.54, 1.807) is 0 Å². The fourth-order valence-corrected chi connectivity index (χ4v) is 4.47. The van der Waals surface area contributed by atoms with Crippen LogP contribution in [0.3, 0.4) is 0 Å². The molecule has 5 heteroatoms. The topological polar surface area (TPSA) is 34.6 Å². The zero-order chi connectivity index (χ0) is 13.3. The molecular weight excluding hydrogens is 268 g/mol. The van der Waals surface area contributed by atoms with Crippen LogP contribution in [0.15, 0.2) is 36.8 Å². The standard InChI is InChI=1S/C15H11N4S/c1-18-11-3-2-5-17-12(11)13-14(18)19-8-9-4-6-16-7-10(9)15(19)20-13/h2-7H,8H2,1H3/q+1. The number of fused-ring (bicyclic) bond motifs is 7. The van der Waals surface area contributed by atoms with Crippen LogP contribution in [0.5, 0.6) is 0 Å². The molecule has 0 atom stereocenters. The van der Waals surface area contributed by atoms with E-state index in [9.17, 15) is 0 Å². The number of pyridine rings is 2. The summed E-state index contributed by atoms with van der Waals surface area (Å²) in [5.41, 5.74) is 6.17. The normalized spacial score (nSPS) is 13.1. The minimum Gasteiger partial charge on any atom is -0.264 e. The Morgan fingerprint density at radius 2 is 2.25 bits per heavy atom. The summed E-state index contributed by atoms with van der Waals surface area (Å²) in [6.07, 6.45) is 5.71. The van der Waals surface area contributed by atoms with Crippen molar-refractivity contribution >= 4 is 32.7 Å². The summed E-state index contributed by atoms with van der Waals surface area (Å²) in [5.74, 6) is 0. The molecule has 1 aliphatic heterocycles. The summed E-state index contributed by atoms with van der Waals surface area (Å²) in [6.45, 7) is 0.928. The number of aryl methyl sites for hydroxylation is 1. The summed E-state index contributed by atoms with van der Waals surface area (Å²) in [5, 5.41) is 1.29. The molecule has 0 aliphatic carbocycles. The second-order valence-corrected chi connectivity index (χ2v) is 6.11. The maximum atomic E-state index is 4.56. The van der Waals surface area contributed by atoms with Crippen molar-refractivity contribution in [1.29, 1.82) is 0 Å². The van der Waals surface area contributed by atoms with Gasteiger partial charge in [-0.25, -0.2) is 9.13 Å². The van der Waals surface area contributed by atoms with Crippen LogP contribution in [0.1, 0.15) is 5.56 Å². The molecule has 0 aromatic carbocycles. The van der Waals surface area contributed by atoms with E-state index in [4.69, 9.17) is 0 Å². The molecule has 0 saturated heterocycles. The maximum Gasteiger partial charge on any atom is 0.303 e. The summed E-state index contributed by atoms with van der Waals surface area (Å²) >= 11 is 1.82. The SMILES string of the molecule is Cn1c2cccnc2c2sc3[n+](c21)Cc1ccncc1-3. The molecule has 0 radical (unpaired) electrons. The van der Waals surface area contributed by atoms with Crippen LogP contribution in [-0.4, -0.2) is 14.5 Å². The van der Waals surface area contributed by atoms with Crippen LogP contribution in [0, 0.1) is 0 Å².